The molecule has 21 heavy (non-hydrogen) atoms. The minimum Gasteiger partial charge on any atom is -0.457 e. The minimum absolute atomic E-state index is 0.293. The smallest absolute Gasteiger partial charge is 0.457 e. The summed E-state index contributed by atoms with van der Waals surface area (Å²) in [6, 6.07) is 10.8. The van der Waals surface area contributed by atoms with E-state index in [-0.39, 0.29) is 5.75 Å². The summed E-state index contributed by atoms with van der Waals surface area (Å²) in [4.78, 5) is 0. The van der Waals surface area contributed by atoms with Crippen LogP contribution in [0.15, 0.2) is 42.5 Å². The van der Waals surface area contributed by atoms with Gasteiger partial charge in [0, 0.05) is 12.1 Å². The second-order valence-electron chi connectivity index (χ2n) is 4.44. The zero-order valence-corrected chi connectivity index (χ0v) is 11.3. The molecule has 2 aromatic rings. The quantitative estimate of drug-likeness (QED) is 0.922. The molecule has 0 unspecified atom stereocenters. The largest absolute Gasteiger partial charge is 0.573 e. The lowest BCUT2D eigenvalue weighted by Crippen LogP contribution is -2.16. The number of benzene rings is 2. The highest BCUT2D eigenvalue weighted by atomic mass is 19.4. The van der Waals surface area contributed by atoms with Crippen molar-refractivity contribution in [3.8, 4) is 17.2 Å². The van der Waals surface area contributed by atoms with Crippen molar-refractivity contribution >= 4 is 0 Å². The molecule has 0 amide bonds. The van der Waals surface area contributed by atoms with Gasteiger partial charge in [-0.3, -0.25) is 0 Å². The fourth-order valence-corrected chi connectivity index (χ4v) is 1.76. The molecule has 2 N–H and O–H groups in total. The Morgan fingerprint density at radius 2 is 1.62 bits per heavy atom. The zero-order valence-electron chi connectivity index (χ0n) is 11.3. The first-order valence-electron chi connectivity index (χ1n) is 6.20. The van der Waals surface area contributed by atoms with Gasteiger partial charge in [-0.25, -0.2) is 0 Å². The number of halogens is 3. The molecule has 3 nitrogen and oxygen atoms in total. The van der Waals surface area contributed by atoms with Gasteiger partial charge in [0.05, 0.1) is 0 Å². The van der Waals surface area contributed by atoms with Gasteiger partial charge in [-0.1, -0.05) is 12.1 Å². The van der Waals surface area contributed by atoms with Crippen molar-refractivity contribution in [2.24, 2.45) is 5.73 Å². The van der Waals surface area contributed by atoms with Crippen LogP contribution in [-0.4, -0.2) is 6.36 Å². The van der Waals surface area contributed by atoms with Crippen LogP contribution < -0.4 is 15.2 Å². The van der Waals surface area contributed by atoms with Gasteiger partial charge in [0.1, 0.15) is 17.2 Å². The van der Waals surface area contributed by atoms with Gasteiger partial charge >= 0.3 is 6.36 Å². The SMILES string of the molecule is Cc1ccc(CN)c(Oc2ccc(OC(F)(F)F)cc2)c1. The molecule has 0 aromatic heterocycles. The lowest BCUT2D eigenvalue weighted by molar-refractivity contribution is -0.274. The topological polar surface area (TPSA) is 44.5 Å². The van der Waals surface area contributed by atoms with Crippen molar-refractivity contribution in [1.82, 2.24) is 0 Å². The summed E-state index contributed by atoms with van der Waals surface area (Å²) >= 11 is 0. The van der Waals surface area contributed by atoms with E-state index in [4.69, 9.17) is 10.5 Å². The molecular formula is C15H14F3NO2. The van der Waals surface area contributed by atoms with E-state index in [1.54, 1.807) is 0 Å². The summed E-state index contributed by atoms with van der Waals surface area (Å²) in [7, 11) is 0. The molecule has 0 aliphatic carbocycles. The zero-order chi connectivity index (χ0) is 15.5. The molecular weight excluding hydrogens is 283 g/mol. The van der Waals surface area contributed by atoms with Gasteiger partial charge in [0.15, 0.2) is 0 Å². The van der Waals surface area contributed by atoms with Crippen molar-refractivity contribution in [3.05, 3.63) is 53.6 Å². The van der Waals surface area contributed by atoms with Gasteiger partial charge in [-0.05, 0) is 42.8 Å². The Labute approximate surface area is 120 Å². The normalized spacial score (nSPS) is 11.3. The van der Waals surface area contributed by atoms with E-state index < -0.39 is 6.36 Å². The summed E-state index contributed by atoms with van der Waals surface area (Å²) in [6.45, 7) is 2.22. The van der Waals surface area contributed by atoms with Crippen LogP contribution in [0, 0.1) is 6.92 Å². The highest BCUT2D eigenvalue weighted by molar-refractivity contribution is 5.41. The molecule has 6 heteroatoms. The third-order valence-corrected chi connectivity index (χ3v) is 2.73. The second kappa shape index (κ2) is 6.05. The third kappa shape index (κ3) is 4.39. The van der Waals surface area contributed by atoms with Crippen LogP contribution >= 0.6 is 0 Å². The number of rotatable bonds is 4. The van der Waals surface area contributed by atoms with E-state index in [1.807, 2.05) is 25.1 Å². The Morgan fingerprint density at radius 1 is 1.00 bits per heavy atom. The Balaban J connectivity index is 2.15. The molecule has 0 bridgehead atoms. The molecule has 0 radical (unpaired) electrons. The first kappa shape index (κ1) is 15.2. The highest BCUT2D eigenvalue weighted by Gasteiger charge is 2.30. The van der Waals surface area contributed by atoms with Crippen molar-refractivity contribution < 1.29 is 22.6 Å². The van der Waals surface area contributed by atoms with Crippen molar-refractivity contribution in [3.63, 3.8) is 0 Å². The van der Waals surface area contributed by atoms with E-state index >= 15 is 0 Å². The van der Waals surface area contributed by atoms with E-state index in [0.717, 1.165) is 11.1 Å². The van der Waals surface area contributed by atoms with E-state index in [2.05, 4.69) is 4.74 Å². The van der Waals surface area contributed by atoms with Gasteiger partial charge in [-0.2, -0.15) is 0 Å². The molecule has 0 spiro atoms. The Hall–Kier alpha value is -2.21. The number of hydrogen-bond donors (Lipinski definition) is 1. The summed E-state index contributed by atoms with van der Waals surface area (Å²) in [6.07, 6.45) is -4.70. The van der Waals surface area contributed by atoms with Crippen LogP contribution in [0.1, 0.15) is 11.1 Å². The molecule has 2 aromatic carbocycles. The maximum Gasteiger partial charge on any atom is 0.573 e. The fourth-order valence-electron chi connectivity index (χ4n) is 1.76. The number of alkyl halides is 3. The van der Waals surface area contributed by atoms with Crippen LogP contribution in [0.5, 0.6) is 17.2 Å². The monoisotopic (exact) mass is 297 g/mol. The Morgan fingerprint density at radius 3 is 2.19 bits per heavy atom. The molecule has 2 rings (SSSR count). The highest BCUT2D eigenvalue weighted by Crippen LogP contribution is 2.29. The van der Waals surface area contributed by atoms with E-state index in [9.17, 15) is 13.2 Å². The second-order valence-corrected chi connectivity index (χ2v) is 4.44. The molecule has 0 atom stereocenters. The molecule has 0 aliphatic heterocycles. The molecule has 0 aliphatic rings. The maximum absolute atomic E-state index is 12.1. The van der Waals surface area contributed by atoms with Crippen molar-refractivity contribution in [2.45, 2.75) is 19.8 Å². The third-order valence-electron chi connectivity index (χ3n) is 2.73. The average Bonchev–Trinajstić information content (AvgIpc) is 2.40. The first-order chi connectivity index (χ1) is 9.87. The van der Waals surface area contributed by atoms with Gasteiger partial charge in [0.2, 0.25) is 0 Å². The predicted octanol–water partition coefficient (Wildman–Crippen LogP) is 4.14. The number of nitrogens with two attached hydrogens (primary N) is 1. The summed E-state index contributed by atoms with van der Waals surface area (Å²) in [5.41, 5.74) is 7.44. The molecule has 0 saturated carbocycles. The van der Waals surface area contributed by atoms with Crippen LogP contribution in [0.2, 0.25) is 0 Å². The standard InChI is InChI=1S/C15H14F3NO2/c1-10-2-3-11(9-19)14(8-10)20-12-4-6-13(7-5-12)21-15(16,17)18/h2-8H,9,19H2,1H3. The molecule has 0 heterocycles. The Kier molecular flexibility index (Phi) is 4.37. The van der Waals surface area contributed by atoms with Crippen molar-refractivity contribution in [2.75, 3.05) is 0 Å². The molecule has 0 saturated heterocycles. The number of hydrogen-bond acceptors (Lipinski definition) is 3. The van der Waals surface area contributed by atoms with Crippen molar-refractivity contribution in [1.29, 1.82) is 0 Å². The predicted molar refractivity (Wildman–Crippen MR) is 72.3 cm³/mol. The molecule has 0 fully saturated rings. The maximum atomic E-state index is 12.1. The van der Waals surface area contributed by atoms with Gasteiger partial charge in [0.25, 0.3) is 0 Å². The summed E-state index contributed by atoms with van der Waals surface area (Å²) in [5.74, 6) is 0.699. The van der Waals surface area contributed by atoms with Crippen LogP contribution in [0.25, 0.3) is 0 Å². The lowest BCUT2D eigenvalue weighted by atomic mass is 10.1. The Bertz CT molecular complexity index is 609. The van der Waals surface area contributed by atoms with Crippen LogP contribution in [0.3, 0.4) is 0 Å². The average molecular weight is 297 g/mol. The first-order valence-corrected chi connectivity index (χ1v) is 6.20. The van der Waals surface area contributed by atoms with Crippen LogP contribution in [0.4, 0.5) is 13.2 Å². The molecule has 112 valence electrons. The van der Waals surface area contributed by atoms with Gasteiger partial charge < -0.3 is 15.2 Å². The summed E-state index contributed by atoms with van der Waals surface area (Å²) < 4.78 is 45.6. The van der Waals surface area contributed by atoms with Crippen LogP contribution in [-0.2, 0) is 6.54 Å². The van der Waals surface area contributed by atoms with E-state index in [1.165, 1.54) is 24.3 Å². The summed E-state index contributed by atoms with van der Waals surface area (Å²) in [5, 5.41) is 0. The van der Waals surface area contributed by atoms with E-state index in [0.29, 0.717) is 18.0 Å². The van der Waals surface area contributed by atoms with Gasteiger partial charge in [-0.15, -0.1) is 13.2 Å². The number of aryl methyl sites for hydroxylation is 1. The fraction of sp³-hybridized carbons (Fsp3) is 0.200. The number of ether oxygens (including phenoxy) is 2. The lowest BCUT2D eigenvalue weighted by Gasteiger charge is -2.12. The minimum atomic E-state index is -4.70.